The van der Waals surface area contributed by atoms with Crippen molar-refractivity contribution in [3.8, 4) is 16.9 Å². The number of piperidine rings is 1. The van der Waals surface area contributed by atoms with Gasteiger partial charge in [0.1, 0.15) is 11.6 Å². The zero-order valence-corrected chi connectivity index (χ0v) is 42.3. The summed E-state index contributed by atoms with van der Waals surface area (Å²) < 4.78 is 9.45. The number of amides is 3. The number of unbranched alkanes of at least 4 members (excludes halogenated alkanes) is 1. The first kappa shape index (κ1) is 48.1. The van der Waals surface area contributed by atoms with Gasteiger partial charge in [-0.15, -0.1) is 0 Å². The van der Waals surface area contributed by atoms with Gasteiger partial charge in [-0.2, -0.15) is 5.10 Å². The highest BCUT2D eigenvalue weighted by Gasteiger charge is 2.33. The van der Waals surface area contributed by atoms with E-state index in [1.807, 2.05) is 102 Å². The van der Waals surface area contributed by atoms with Crippen LogP contribution >= 0.6 is 11.3 Å². The number of carbonyl (C=O) groups excluding carboxylic acids is 3. The monoisotopic (exact) mass is 999 g/mol. The highest BCUT2D eigenvalue weighted by Crippen LogP contribution is 2.38. The van der Waals surface area contributed by atoms with Crippen LogP contribution in [0.1, 0.15) is 107 Å². The van der Waals surface area contributed by atoms with Gasteiger partial charge in [-0.05, 0) is 135 Å². The molecule has 4 aliphatic rings. The van der Waals surface area contributed by atoms with Gasteiger partial charge in [0.25, 0.3) is 5.91 Å². The van der Waals surface area contributed by atoms with Crippen LogP contribution in [0.5, 0.6) is 5.75 Å². The third-order valence-electron chi connectivity index (χ3n) is 15.5. The molecule has 2 saturated heterocycles. The van der Waals surface area contributed by atoms with Crippen molar-refractivity contribution in [2.24, 2.45) is 13.0 Å². The number of aromatic nitrogens is 4. The Morgan fingerprint density at radius 1 is 0.836 bits per heavy atom. The lowest BCUT2D eigenvalue weighted by Crippen LogP contribution is -2.46. The van der Waals surface area contributed by atoms with Gasteiger partial charge in [0, 0.05) is 69.3 Å². The molecule has 3 N–H and O–H groups in total. The molecule has 16 heteroatoms. The summed E-state index contributed by atoms with van der Waals surface area (Å²) in [6.45, 7) is 8.05. The number of pyridine rings is 1. The zero-order chi connectivity index (χ0) is 50.2. The summed E-state index contributed by atoms with van der Waals surface area (Å²) in [4.78, 5) is 67.3. The number of carboxylic acid groups (broad SMARTS) is 1. The Hall–Kier alpha value is -7.17. The maximum absolute atomic E-state index is 13.6. The van der Waals surface area contributed by atoms with Gasteiger partial charge in [-0.1, -0.05) is 66.6 Å². The molecule has 3 aromatic heterocycles. The van der Waals surface area contributed by atoms with Gasteiger partial charge >= 0.3 is 5.97 Å². The number of nitrogens with one attached hydrogen (secondary N) is 2. The molecule has 3 aliphatic heterocycles. The van der Waals surface area contributed by atoms with Crippen LogP contribution in [-0.4, -0.2) is 98.8 Å². The molecule has 0 radical (unpaired) electrons. The molecular formula is C57H61N9O6S. The zero-order valence-electron chi connectivity index (χ0n) is 41.4. The van der Waals surface area contributed by atoms with Crippen LogP contribution in [0.15, 0.2) is 91.0 Å². The standard InChI is InChI=1S/C57H61N9O6S/c1-35-33-39(20-21-40(35)41-22-24-49(59-52(41)56(70)71)66-28-26-37-10-7-11-42(45(37)34-66)54(68)61-57-58-46-13-3-4-15-48(46)73-57)72-38-18-16-36(17-19-38)9-5-6-27-64-29-31-65(32-30-64)47-14-8-12-43-51(62-63(2)53(43)47)44-23-25-50(67)60-55(44)69/h3-4,7-8,10-15,20-22,24,33,36,38,44H,5-6,9,16-19,23,25-32,34H2,1-2H3,(H,70,71)(H,58,61,68)(H,60,67,69). The van der Waals surface area contributed by atoms with E-state index in [0.717, 1.165) is 119 Å². The van der Waals surface area contributed by atoms with Gasteiger partial charge in [0.05, 0.1) is 39.1 Å². The first-order valence-electron chi connectivity index (χ1n) is 25.8. The van der Waals surface area contributed by atoms with Gasteiger partial charge in [0.15, 0.2) is 10.8 Å². The van der Waals surface area contributed by atoms with Crippen LogP contribution in [0.4, 0.5) is 16.6 Å². The fraction of sp³-hybridized carbons (Fsp3) is 0.386. The molecule has 1 atom stereocenters. The van der Waals surface area contributed by atoms with Crippen LogP contribution in [0.2, 0.25) is 0 Å². The van der Waals surface area contributed by atoms with Crippen molar-refractivity contribution in [1.29, 1.82) is 0 Å². The van der Waals surface area contributed by atoms with Crippen LogP contribution in [0, 0.1) is 12.8 Å². The summed E-state index contributed by atoms with van der Waals surface area (Å²) in [5.41, 5.74) is 8.61. The van der Waals surface area contributed by atoms with Crippen molar-refractivity contribution in [3.05, 3.63) is 125 Å². The molecule has 3 amide bonds. The smallest absolute Gasteiger partial charge is 0.355 e. The number of rotatable bonds is 14. The van der Waals surface area contributed by atoms with Crippen molar-refractivity contribution in [3.63, 3.8) is 0 Å². The Labute approximate surface area is 428 Å². The summed E-state index contributed by atoms with van der Waals surface area (Å²) in [6, 6.07) is 29.5. The van der Waals surface area contributed by atoms with E-state index in [9.17, 15) is 24.3 Å². The number of carboxylic acids is 1. The molecule has 11 rings (SSSR count). The average molecular weight is 1000 g/mol. The van der Waals surface area contributed by atoms with Crippen molar-refractivity contribution in [2.45, 2.75) is 89.7 Å². The molecule has 73 heavy (non-hydrogen) atoms. The summed E-state index contributed by atoms with van der Waals surface area (Å²) >= 11 is 1.44. The number of aryl methyl sites for hydroxylation is 2. The minimum absolute atomic E-state index is 0.0118. The third kappa shape index (κ3) is 10.1. The van der Waals surface area contributed by atoms with E-state index in [2.05, 4.69) is 37.6 Å². The molecule has 376 valence electrons. The third-order valence-corrected chi connectivity index (χ3v) is 16.5. The number of hydrogen-bond donors (Lipinski definition) is 3. The van der Waals surface area contributed by atoms with E-state index in [1.54, 1.807) is 0 Å². The highest BCUT2D eigenvalue weighted by molar-refractivity contribution is 7.22. The molecule has 4 aromatic carbocycles. The maximum atomic E-state index is 13.6. The summed E-state index contributed by atoms with van der Waals surface area (Å²) in [6.07, 6.45) is 9.70. The number of imide groups is 1. The van der Waals surface area contributed by atoms with Crippen molar-refractivity contribution in [1.82, 2.24) is 30.0 Å². The Balaban J connectivity index is 0.642. The van der Waals surface area contributed by atoms with E-state index >= 15 is 0 Å². The SMILES string of the molecule is Cc1cc(OC2CCC(CCCCN3CCN(c4cccc5c(C6CCC(=O)NC6=O)nn(C)c45)CC3)CC2)ccc1-c1ccc(N2CCc3cccc(C(=O)Nc4nc5ccccc5s4)c3C2)nc1C(=O)O. The number of piperazine rings is 1. The van der Waals surface area contributed by atoms with Gasteiger partial charge in [-0.3, -0.25) is 34.6 Å². The number of hydrogen-bond acceptors (Lipinski definition) is 12. The second-order valence-electron chi connectivity index (χ2n) is 20.2. The van der Waals surface area contributed by atoms with Crippen LogP contribution in [0.3, 0.4) is 0 Å². The predicted octanol–water partition coefficient (Wildman–Crippen LogP) is 9.52. The van der Waals surface area contributed by atoms with Gasteiger partial charge < -0.3 is 19.6 Å². The quantitative estimate of drug-likeness (QED) is 0.0697. The Bertz CT molecular complexity index is 3210. The molecule has 6 heterocycles. The molecule has 1 unspecified atom stereocenters. The number of nitrogens with zero attached hydrogens (tertiary/aromatic N) is 7. The molecule has 0 bridgehead atoms. The fourth-order valence-electron chi connectivity index (χ4n) is 11.6. The molecule has 0 spiro atoms. The number of thiazole rings is 1. The number of aromatic carboxylic acids is 1. The number of anilines is 3. The average Bonchev–Trinajstić information content (AvgIpc) is 3.97. The first-order chi connectivity index (χ1) is 35.5. The second kappa shape index (κ2) is 20.7. The lowest BCUT2D eigenvalue weighted by molar-refractivity contribution is -0.134. The Morgan fingerprint density at radius 2 is 1.64 bits per heavy atom. The molecular weight excluding hydrogens is 939 g/mol. The number of carbonyl (C=O) groups is 4. The lowest BCUT2D eigenvalue weighted by atomic mass is 9.84. The van der Waals surface area contributed by atoms with Crippen molar-refractivity contribution < 1.29 is 29.0 Å². The number of ether oxygens (including phenoxy) is 1. The van der Waals surface area contributed by atoms with Crippen molar-refractivity contribution in [2.75, 3.05) is 54.4 Å². The number of para-hydroxylation sites is 2. The summed E-state index contributed by atoms with van der Waals surface area (Å²) in [5.74, 6) is -0.134. The van der Waals surface area contributed by atoms with E-state index in [0.29, 0.717) is 60.3 Å². The normalized spacial score (nSPS) is 19.5. The number of fused-ring (bicyclic) bond motifs is 3. The van der Waals surface area contributed by atoms with E-state index in [4.69, 9.17) is 14.8 Å². The molecule has 1 aliphatic carbocycles. The van der Waals surface area contributed by atoms with Crippen LogP contribution in [0.25, 0.3) is 32.2 Å². The van der Waals surface area contributed by atoms with E-state index in [-0.39, 0.29) is 29.5 Å². The Morgan fingerprint density at radius 3 is 2.44 bits per heavy atom. The predicted molar refractivity (Wildman–Crippen MR) is 285 cm³/mol. The minimum atomic E-state index is -1.10. The molecule has 1 saturated carbocycles. The highest BCUT2D eigenvalue weighted by atomic mass is 32.1. The second-order valence-corrected chi connectivity index (χ2v) is 21.2. The Kier molecular flexibility index (Phi) is 13.7. The largest absolute Gasteiger partial charge is 0.490 e. The van der Waals surface area contributed by atoms with Crippen molar-refractivity contribution >= 4 is 72.8 Å². The first-order valence-corrected chi connectivity index (χ1v) is 26.7. The van der Waals surface area contributed by atoms with Crippen LogP contribution in [-0.2, 0) is 29.6 Å². The minimum Gasteiger partial charge on any atom is -0.490 e. The summed E-state index contributed by atoms with van der Waals surface area (Å²) in [5, 5.41) is 22.3. The van der Waals surface area contributed by atoms with Gasteiger partial charge in [0.2, 0.25) is 11.8 Å². The molecule has 3 fully saturated rings. The lowest BCUT2D eigenvalue weighted by Gasteiger charge is -2.36. The van der Waals surface area contributed by atoms with E-state index in [1.165, 1.54) is 30.6 Å². The maximum Gasteiger partial charge on any atom is 0.355 e. The van der Waals surface area contributed by atoms with E-state index < -0.39 is 11.9 Å². The molecule has 7 aromatic rings. The topological polar surface area (TPSA) is 175 Å². The van der Waals surface area contributed by atoms with Crippen LogP contribution < -0.4 is 25.2 Å². The van der Waals surface area contributed by atoms with Gasteiger partial charge in [-0.25, -0.2) is 14.8 Å². The fourth-order valence-corrected chi connectivity index (χ4v) is 12.5. The molecule has 15 nitrogen and oxygen atoms in total. The number of benzene rings is 4. The summed E-state index contributed by atoms with van der Waals surface area (Å²) in [7, 11) is 1.94.